The van der Waals surface area contributed by atoms with E-state index in [-0.39, 0.29) is 0 Å². The summed E-state index contributed by atoms with van der Waals surface area (Å²) in [7, 11) is 0. The van der Waals surface area contributed by atoms with Gasteiger partial charge >= 0.3 is 0 Å². The van der Waals surface area contributed by atoms with E-state index in [4.69, 9.17) is 10.5 Å². The van der Waals surface area contributed by atoms with Crippen LogP contribution in [0.3, 0.4) is 0 Å². The summed E-state index contributed by atoms with van der Waals surface area (Å²) in [5.74, 6) is 0.752. The highest BCUT2D eigenvalue weighted by Gasteiger charge is 2.30. The number of aromatic nitrogens is 2. The first-order valence-electron chi connectivity index (χ1n) is 6.44. The van der Waals surface area contributed by atoms with Crippen LogP contribution in [0.1, 0.15) is 36.2 Å². The van der Waals surface area contributed by atoms with Gasteiger partial charge in [-0.3, -0.25) is 0 Å². The second kappa shape index (κ2) is 6.42. The Balaban J connectivity index is 1.71. The van der Waals surface area contributed by atoms with Crippen LogP contribution >= 0.6 is 11.3 Å². The fourth-order valence-electron chi connectivity index (χ4n) is 2.19. The average Bonchev–Trinajstić information content (AvgIpc) is 2.71. The Labute approximate surface area is 107 Å². The van der Waals surface area contributed by atoms with Crippen LogP contribution in [0.4, 0.5) is 0 Å². The highest BCUT2D eigenvalue weighted by molar-refractivity contribution is 7.11. The maximum absolute atomic E-state index is 5.56. The fraction of sp³-hybridized carbons (Fsp3) is 0.833. The molecule has 1 aliphatic carbocycles. The van der Waals surface area contributed by atoms with Crippen molar-refractivity contribution in [3.8, 4) is 0 Å². The summed E-state index contributed by atoms with van der Waals surface area (Å²) in [6, 6.07) is 0. The fourth-order valence-corrected chi connectivity index (χ4v) is 3.19. The van der Waals surface area contributed by atoms with Crippen LogP contribution in [0.25, 0.3) is 0 Å². The lowest BCUT2D eigenvalue weighted by Crippen LogP contribution is -2.32. The van der Waals surface area contributed by atoms with Gasteiger partial charge in [0.05, 0.1) is 6.10 Å². The van der Waals surface area contributed by atoms with Gasteiger partial charge < -0.3 is 10.5 Å². The van der Waals surface area contributed by atoms with E-state index in [1.165, 1.54) is 17.8 Å². The third kappa shape index (κ3) is 3.72. The van der Waals surface area contributed by atoms with Crippen molar-refractivity contribution in [1.29, 1.82) is 0 Å². The summed E-state index contributed by atoms with van der Waals surface area (Å²) < 4.78 is 5.56. The molecule has 96 valence electrons. The summed E-state index contributed by atoms with van der Waals surface area (Å²) in [4.78, 5) is 0. The Morgan fingerprint density at radius 2 is 2.12 bits per heavy atom. The van der Waals surface area contributed by atoms with Gasteiger partial charge in [0.1, 0.15) is 10.0 Å². The van der Waals surface area contributed by atoms with Gasteiger partial charge in [-0.05, 0) is 38.6 Å². The molecule has 1 saturated carbocycles. The summed E-state index contributed by atoms with van der Waals surface area (Å²) in [5, 5.41) is 10.8. The first-order valence-corrected chi connectivity index (χ1v) is 7.26. The molecule has 0 spiro atoms. The third-order valence-corrected chi connectivity index (χ3v) is 4.17. The number of hydrogen-bond donors (Lipinski definition) is 1. The minimum absolute atomic E-state index is 0.495. The van der Waals surface area contributed by atoms with Crippen molar-refractivity contribution in [2.75, 3.05) is 13.2 Å². The largest absolute Gasteiger partial charge is 0.378 e. The van der Waals surface area contributed by atoms with Gasteiger partial charge in [0.2, 0.25) is 0 Å². The molecule has 0 radical (unpaired) electrons. The molecule has 0 atom stereocenters. The Bertz CT molecular complexity index is 336. The van der Waals surface area contributed by atoms with E-state index in [0.29, 0.717) is 6.10 Å². The number of nitrogens with two attached hydrogens (primary N) is 1. The number of hydrogen-bond acceptors (Lipinski definition) is 5. The first kappa shape index (κ1) is 12.9. The SMILES string of the molecule is CCOC1CC(Cc2nnc(CCCN)s2)C1. The lowest BCUT2D eigenvalue weighted by Gasteiger charge is -2.34. The Morgan fingerprint density at radius 3 is 2.82 bits per heavy atom. The van der Waals surface area contributed by atoms with E-state index in [0.717, 1.165) is 43.3 Å². The second-order valence-corrected chi connectivity index (χ2v) is 5.75. The van der Waals surface area contributed by atoms with Crippen LogP contribution in [0.5, 0.6) is 0 Å². The zero-order chi connectivity index (χ0) is 12.1. The maximum atomic E-state index is 5.56. The molecular weight excluding hydrogens is 234 g/mol. The van der Waals surface area contributed by atoms with Crippen LogP contribution in [-0.4, -0.2) is 29.5 Å². The van der Waals surface area contributed by atoms with Gasteiger partial charge in [0.25, 0.3) is 0 Å². The van der Waals surface area contributed by atoms with Gasteiger partial charge in [-0.1, -0.05) is 0 Å². The molecule has 0 bridgehead atoms. The van der Waals surface area contributed by atoms with Crippen molar-refractivity contribution in [3.63, 3.8) is 0 Å². The molecule has 1 aromatic heterocycles. The van der Waals surface area contributed by atoms with Crippen molar-refractivity contribution in [3.05, 3.63) is 10.0 Å². The van der Waals surface area contributed by atoms with Gasteiger partial charge in [-0.25, -0.2) is 0 Å². The molecule has 5 heteroatoms. The van der Waals surface area contributed by atoms with Crippen LogP contribution < -0.4 is 5.73 Å². The smallest absolute Gasteiger partial charge is 0.117 e. The Hall–Kier alpha value is -0.520. The molecule has 1 heterocycles. The molecule has 0 unspecified atom stereocenters. The van der Waals surface area contributed by atoms with E-state index in [1.54, 1.807) is 11.3 Å². The molecule has 0 aliphatic heterocycles. The summed E-state index contributed by atoms with van der Waals surface area (Å²) in [5.41, 5.74) is 5.48. The van der Waals surface area contributed by atoms with Crippen molar-refractivity contribution < 1.29 is 4.74 Å². The average molecular weight is 255 g/mol. The molecule has 0 amide bonds. The molecule has 2 N–H and O–H groups in total. The van der Waals surface area contributed by atoms with Crippen molar-refractivity contribution >= 4 is 11.3 Å². The third-order valence-electron chi connectivity index (χ3n) is 3.16. The number of rotatable bonds is 7. The Kier molecular flexibility index (Phi) is 4.88. The van der Waals surface area contributed by atoms with Crippen LogP contribution in [-0.2, 0) is 17.6 Å². The number of nitrogens with zero attached hydrogens (tertiary/aromatic N) is 2. The molecular formula is C12H21N3OS. The monoisotopic (exact) mass is 255 g/mol. The molecule has 1 fully saturated rings. The van der Waals surface area contributed by atoms with E-state index in [1.807, 2.05) is 0 Å². The standard InChI is InChI=1S/C12H21N3OS/c1-2-16-10-6-9(7-10)8-12-15-14-11(17-12)4-3-5-13/h9-10H,2-8,13H2,1H3. The zero-order valence-electron chi connectivity index (χ0n) is 10.4. The number of aryl methyl sites for hydroxylation is 1. The second-order valence-electron chi connectivity index (χ2n) is 4.60. The molecule has 1 aromatic rings. The van der Waals surface area contributed by atoms with Crippen LogP contribution in [0, 0.1) is 5.92 Å². The summed E-state index contributed by atoms with van der Waals surface area (Å²) >= 11 is 1.75. The van der Waals surface area contributed by atoms with E-state index in [2.05, 4.69) is 17.1 Å². The Morgan fingerprint density at radius 1 is 1.35 bits per heavy atom. The normalized spacial score (nSPS) is 23.6. The quantitative estimate of drug-likeness (QED) is 0.807. The van der Waals surface area contributed by atoms with E-state index in [9.17, 15) is 0 Å². The summed E-state index contributed by atoms with van der Waals surface area (Å²) in [6.45, 7) is 3.62. The first-order chi connectivity index (χ1) is 8.31. The van der Waals surface area contributed by atoms with Crippen molar-refractivity contribution in [1.82, 2.24) is 10.2 Å². The highest BCUT2D eigenvalue weighted by Crippen LogP contribution is 2.33. The predicted octanol–water partition coefficient (Wildman–Crippen LogP) is 1.79. The van der Waals surface area contributed by atoms with E-state index < -0.39 is 0 Å². The maximum Gasteiger partial charge on any atom is 0.117 e. The van der Waals surface area contributed by atoms with E-state index >= 15 is 0 Å². The lowest BCUT2D eigenvalue weighted by molar-refractivity contribution is -0.0240. The minimum atomic E-state index is 0.495. The summed E-state index contributed by atoms with van der Waals surface area (Å²) in [6.07, 6.45) is 5.92. The molecule has 0 aromatic carbocycles. The number of ether oxygens (including phenoxy) is 1. The molecule has 2 rings (SSSR count). The highest BCUT2D eigenvalue weighted by atomic mass is 32.1. The van der Waals surface area contributed by atoms with Gasteiger partial charge in [-0.15, -0.1) is 21.5 Å². The van der Waals surface area contributed by atoms with Gasteiger partial charge in [-0.2, -0.15) is 0 Å². The minimum Gasteiger partial charge on any atom is -0.378 e. The van der Waals surface area contributed by atoms with Crippen molar-refractivity contribution in [2.24, 2.45) is 11.7 Å². The van der Waals surface area contributed by atoms with Gasteiger partial charge in [0.15, 0.2) is 0 Å². The topological polar surface area (TPSA) is 61.0 Å². The van der Waals surface area contributed by atoms with Crippen LogP contribution in [0.15, 0.2) is 0 Å². The zero-order valence-corrected chi connectivity index (χ0v) is 11.2. The lowest BCUT2D eigenvalue weighted by atomic mass is 9.80. The molecule has 4 nitrogen and oxygen atoms in total. The van der Waals surface area contributed by atoms with Crippen molar-refractivity contribution in [2.45, 2.75) is 45.1 Å². The predicted molar refractivity (Wildman–Crippen MR) is 69.1 cm³/mol. The molecule has 17 heavy (non-hydrogen) atoms. The molecule has 1 aliphatic rings. The van der Waals surface area contributed by atoms with Crippen LogP contribution in [0.2, 0.25) is 0 Å². The van der Waals surface area contributed by atoms with Gasteiger partial charge in [0, 0.05) is 19.4 Å². The molecule has 0 saturated heterocycles.